The second-order valence-corrected chi connectivity index (χ2v) is 5.29. The van der Waals surface area contributed by atoms with Crippen LogP contribution in [0.1, 0.15) is 37.1 Å². The second kappa shape index (κ2) is 6.22. The maximum atomic E-state index is 5.55. The van der Waals surface area contributed by atoms with Crippen LogP contribution < -0.4 is 10.1 Å². The third kappa shape index (κ3) is 2.90. The number of aryl methyl sites for hydroxylation is 1. The number of nitrogens with one attached hydrogen (secondary N) is 1. The lowest BCUT2D eigenvalue weighted by Gasteiger charge is -2.24. The molecule has 1 aliphatic rings. The molecule has 0 radical (unpaired) electrons. The smallest absolute Gasteiger partial charge is 0.159 e. The molecule has 0 saturated carbocycles. The van der Waals surface area contributed by atoms with Crippen LogP contribution in [0.15, 0.2) is 30.5 Å². The molecule has 1 atom stereocenters. The van der Waals surface area contributed by atoms with Gasteiger partial charge in [0, 0.05) is 29.1 Å². The number of nitrogens with zero attached hydrogens (tertiary/aromatic N) is 2. The summed E-state index contributed by atoms with van der Waals surface area (Å²) < 4.78 is 5.55. The number of hydrogen-bond acceptors (Lipinski definition) is 4. The molecule has 1 aromatic carbocycles. The molecule has 21 heavy (non-hydrogen) atoms. The van der Waals surface area contributed by atoms with E-state index in [1.54, 1.807) is 0 Å². The van der Waals surface area contributed by atoms with E-state index in [9.17, 15) is 0 Å². The van der Waals surface area contributed by atoms with Gasteiger partial charge in [-0.15, -0.1) is 0 Å². The SMILES string of the molecule is CCOc1cccc(-c2ncc3c(n2)CCCC3NC)c1. The van der Waals surface area contributed by atoms with Crippen molar-refractivity contribution < 1.29 is 4.74 Å². The van der Waals surface area contributed by atoms with Crippen LogP contribution in [0.25, 0.3) is 11.4 Å². The molecular formula is C17H21N3O. The molecule has 0 saturated heterocycles. The molecule has 0 amide bonds. The maximum Gasteiger partial charge on any atom is 0.159 e. The van der Waals surface area contributed by atoms with Crippen LogP contribution in [0.2, 0.25) is 0 Å². The minimum absolute atomic E-state index is 0.387. The predicted molar refractivity (Wildman–Crippen MR) is 83.4 cm³/mol. The first kappa shape index (κ1) is 14.0. The van der Waals surface area contributed by atoms with E-state index in [0.29, 0.717) is 12.6 Å². The zero-order valence-corrected chi connectivity index (χ0v) is 12.6. The Morgan fingerprint density at radius 2 is 2.29 bits per heavy atom. The summed E-state index contributed by atoms with van der Waals surface area (Å²) in [4.78, 5) is 9.33. The summed E-state index contributed by atoms with van der Waals surface area (Å²) in [5.41, 5.74) is 3.43. The van der Waals surface area contributed by atoms with Crippen molar-refractivity contribution in [2.24, 2.45) is 0 Å². The summed E-state index contributed by atoms with van der Waals surface area (Å²) in [6, 6.07) is 8.37. The Hall–Kier alpha value is -1.94. The van der Waals surface area contributed by atoms with Crippen molar-refractivity contribution >= 4 is 0 Å². The van der Waals surface area contributed by atoms with Gasteiger partial charge in [-0.3, -0.25) is 0 Å². The van der Waals surface area contributed by atoms with Crippen LogP contribution in [-0.2, 0) is 6.42 Å². The molecule has 0 fully saturated rings. The average molecular weight is 283 g/mol. The molecule has 1 aromatic heterocycles. The van der Waals surface area contributed by atoms with Crippen molar-refractivity contribution in [3.05, 3.63) is 41.7 Å². The highest BCUT2D eigenvalue weighted by atomic mass is 16.5. The summed E-state index contributed by atoms with van der Waals surface area (Å²) >= 11 is 0. The summed E-state index contributed by atoms with van der Waals surface area (Å²) in [5.74, 6) is 1.65. The number of benzene rings is 1. The van der Waals surface area contributed by atoms with Gasteiger partial charge < -0.3 is 10.1 Å². The first-order valence-corrected chi connectivity index (χ1v) is 7.58. The fourth-order valence-corrected chi connectivity index (χ4v) is 2.88. The van der Waals surface area contributed by atoms with Crippen LogP contribution in [-0.4, -0.2) is 23.6 Å². The Labute approximate surface area is 125 Å². The van der Waals surface area contributed by atoms with Gasteiger partial charge in [0.1, 0.15) is 5.75 Å². The number of hydrogen-bond donors (Lipinski definition) is 1. The van der Waals surface area contributed by atoms with Crippen molar-refractivity contribution in [1.29, 1.82) is 0 Å². The van der Waals surface area contributed by atoms with Gasteiger partial charge in [0.25, 0.3) is 0 Å². The number of aromatic nitrogens is 2. The van der Waals surface area contributed by atoms with Gasteiger partial charge in [-0.2, -0.15) is 0 Å². The lowest BCUT2D eigenvalue weighted by atomic mass is 9.92. The minimum atomic E-state index is 0.387. The fourth-order valence-electron chi connectivity index (χ4n) is 2.88. The van der Waals surface area contributed by atoms with Crippen LogP contribution in [0.5, 0.6) is 5.75 Å². The highest BCUT2D eigenvalue weighted by Gasteiger charge is 2.21. The number of ether oxygens (including phenoxy) is 1. The van der Waals surface area contributed by atoms with E-state index in [2.05, 4.69) is 10.3 Å². The molecule has 0 bridgehead atoms. The van der Waals surface area contributed by atoms with E-state index in [4.69, 9.17) is 9.72 Å². The van der Waals surface area contributed by atoms with Crippen LogP contribution in [0.3, 0.4) is 0 Å². The van der Waals surface area contributed by atoms with Crippen LogP contribution in [0, 0.1) is 0 Å². The summed E-state index contributed by atoms with van der Waals surface area (Å²) in [5, 5.41) is 3.35. The first-order valence-electron chi connectivity index (χ1n) is 7.58. The van der Waals surface area contributed by atoms with E-state index >= 15 is 0 Å². The average Bonchev–Trinajstić information content (AvgIpc) is 2.54. The molecule has 0 spiro atoms. The van der Waals surface area contributed by atoms with E-state index in [1.165, 1.54) is 17.7 Å². The lowest BCUT2D eigenvalue weighted by Crippen LogP contribution is -2.22. The van der Waals surface area contributed by atoms with Crippen molar-refractivity contribution in [1.82, 2.24) is 15.3 Å². The Bertz CT molecular complexity index is 627. The predicted octanol–water partition coefficient (Wildman–Crippen LogP) is 3.14. The number of fused-ring (bicyclic) bond motifs is 1. The summed E-state index contributed by atoms with van der Waals surface area (Å²) in [7, 11) is 2.00. The summed E-state index contributed by atoms with van der Waals surface area (Å²) in [6.45, 7) is 2.65. The standard InChI is InChI=1S/C17H21N3O/c1-3-21-13-7-4-6-12(10-13)17-19-11-14-15(18-2)8-5-9-16(14)20-17/h4,6-7,10-11,15,18H,3,5,8-9H2,1-2H3. The highest BCUT2D eigenvalue weighted by molar-refractivity contribution is 5.57. The van der Waals surface area contributed by atoms with E-state index in [-0.39, 0.29) is 0 Å². The first-order chi connectivity index (χ1) is 10.3. The normalized spacial score (nSPS) is 17.3. The molecular weight excluding hydrogens is 262 g/mol. The van der Waals surface area contributed by atoms with E-state index in [0.717, 1.165) is 30.0 Å². The van der Waals surface area contributed by atoms with Gasteiger partial charge in [-0.05, 0) is 45.4 Å². The van der Waals surface area contributed by atoms with Gasteiger partial charge in [-0.25, -0.2) is 9.97 Å². The third-order valence-electron chi connectivity index (χ3n) is 3.93. The topological polar surface area (TPSA) is 47.0 Å². The monoisotopic (exact) mass is 283 g/mol. The van der Waals surface area contributed by atoms with Gasteiger partial charge in [0.05, 0.1) is 6.61 Å². The number of rotatable bonds is 4. The van der Waals surface area contributed by atoms with Gasteiger partial charge in [0.2, 0.25) is 0 Å². The maximum absolute atomic E-state index is 5.55. The molecule has 110 valence electrons. The highest BCUT2D eigenvalue weighted by Crippen LogP contribution is 2.29. The quantitative estimate of drug-likeness (QED) is 0.936. The molecule has 4 heteroatoms. The zero-order valence-electron chi connectivity index (χ0n) is 12.6. The lowest BCUT2D eigenvalue weighted by molar-refractivity contribution is 0.340. The Morgan fingerprint density at radius 1 is 1.38 bits per heavy atom. The molecule has 0 aliphatic heterocycles. The summed E-state index contributed by atoms with van der Waals surface area (Å²) in [6.07, 6.45) is 5.35. The fraction of sp³-hybridized carbons (Fsp3) is 0.412. The van der Waals surface area contributed by atoms with Gasteiger partial charge in [0.15, 0.2) is 5.82 Å². The zero-order chi connectivity index (χ0) is 14.7. The molecule has 1 unspecified atom stereocenters. The van der Waals surface area contributed by atoms with E-state index in [1.807, 2.05) is 44.4 Å². The molecule has 3 rings (SSSR count). The van der Waals surface area contributed by atoms with E-state index < -0.39 is 0 Å². The second-order valence-electron chi connectivity index (χ2n) is 5.29. The van der Waals surface area contributed by atoms with Crippen molar-refractivity contribution in [2.45, 2.75) is 32.2 Å². The third-order valence-corrected chi connectivity index (χ3v) is 3.93. The Morgan fingerprint density at radius 3 is 3.10 bits per heavy atom. The molecule has 1 heterocycles. The Kier molecular flexibility index (Phi) is 4.15. The van der Waals surface area contributed by atoms with Crippen molar-refractivity contribution in [3.8, 4) is 17.1 Å². The van der Waals surface area contributed by atoms with Gasteiger partial charge >= 0.3 is 0 Å². The molecule has 4 nitrogen and oxygen atoms in total. The van der Waals surface area contributed by atoms with Crippen molar-refractivity contribution in [3.63, 3.8) is 0 Å². The van der Waals surface area contributed by atoms with Crippen LogP contribution >= 0.6 is 0 Å². The van der Waals surface area contributed by atoms with Gasteiger partial charge in [-0.1, -0.05) is 12.1 Å². The van der Waals surface area contributed by atoms with Crippen molar-refractivity contribution in [2.75, 3.05) is 13.7 Å². The molecule has 1 aliphatic carbocycles. The minimum Gasteiger partial charge on any atom is -0.494 e. The largest absolute Gasteiger partial charge is 0.494 e. The van der Waals surface area contributed by atoms with Crippen LogP contribution in [0.4, 0.5) is 0 Å². The Balaban J connectivity index is 1.95. The molecule has 1 N–H and O–H groups in total. The molecule has 2 aromatic rings.